The molecule has 1 heterocycles. The van der Waals surface area contributed by atoms with E-state index in [2.05, 4.69) is 15.9 Å². The average Bonchev–Trinajstić information content (AvgIpc) is 2.83. The Kier molecular flexibility index (Phi) is 5.24. The Labute approximate surface area is 125 Å². The van der Waals surface area contributed by atoms with Crippen molar-refractivity contribution in [2.75, 3.05) is 6.61 Å². The largest absolute Gasteiger partial charge is 0.490 e. The molecule has 0 aliphatic rings. The van der Waals surface area contributed by atoms with E-state index in [1.54, 1.807) is 11.3 Å². The van der Waals surface area contributed by atoms with E-state index < -0.39 is 0 Å². The molecule has 0 aliphatic carbocycles. The summed E-state index contributed by atoms with van der Waals surface area (Å²) in [5.74, 6) is 1.50. The Hall–Kier alpha value is -1.04. The van der Waals surface area contributed by atoms with E-state index in [9.17, 15) is 0 Å². The van der Waals surface area contributed by atoms with Crippen LogP contribution >= 0.6 is 27.3 Å². The van der Waals surface area contributed by atoms with E-state index in [4.69, 9.17) is 15.2 Å². The summed E-state index contributed by atoms with van der Waals surface area (Å²) in [6.45, 7) is 3.58. The van der Waals surface area contributed by atoms with Crippen LogP contribution in [0.5, 0.6) is 11.5 Å². The van der Waals surface area contributed by atoms with E-state index in [0.29, 0.717) is 19.8 Å². The summed E-state index contributed by atoms with van der Waals surface area (Å²) in [5, 5.41) is 2.03. The lowest BCUT2D eigenvalue weighted by Gasteiger charge is -2.12. The molecule has 0 spiro atoms. The third-order valence-electron chi connectivity index (χ3n) is 2.59. The molecule has 0 radical (unpaired) electrons. The van der Waals surface area contributed by atoms with Gasteiger partial charge in [-0.25, -0.2) is 0 Å². The van der Waals surface area contributed by atoms with Crippen LogP contribution in [0.4, 0.5) is 0 Å². The molecule has 0 aliphatic heterocycles. The fourth-order valence-electron chi connectivity index (χ4n) is 1.64. The molecule has 0 bridgehead atoms. The van der Waals surface area contributed by atoms with Gasteiger partial charge in [0, 0.05) is 11.0 Å². The van der Waals surface area contributed by atoms with Crippen molar-refractivity contribution in [1.82, 2.24) is 0 Å². The quantitative estimate of drug-likeness (QED) is 0.865. The molecular formula is C14H16BrNO2S. The summed E-state index contributed by atoms with van der Waals surface area (Å²) in [7, 11) is 0. The Morgan fingerprint density at radius 2 is 2.05 bits per heavy atom. The van der Waals surface area contributed by atoms with Crippen LogP contribution in [0.25, 0.3) is 0 Å². The first-order valence-electron chi connectivity index (χ1n) is 6.05. The van der Waals surface area contributed by atoms with Crippen molar-refractivity contribution in [1.29, 1.82) is 0 Å². The van der Waals surface area contributed by atoms with Crippen LogP contribution < -0.4 is 15.2 Å². The van der Waals surface area contributed by atoms with Crippen molar-refractivity contribution in [2.45, 2.75) is 20.1 Å². The van der Waals surface area contributed by atoms with E-state index in [1.807, 2.05) is 36.6 Å². The molecule has 0 atom stereocenters. The molecule has 2 aromatic rings. The van der Waals surface area contributed by atoms with Crippen molar-refractivity contribution in [2.24, 2.45) is 5.73 Å². The van der Waals surface area contributed by atoms with Crippen molar-refractivity contribution in [3.63, 3.8) is 0 Å². The summed E-state index contributed by atoms with van der Waals surface area (Å²) in [6.07, 6.45) is 0. The number of ether oxygens (including phenoxy) is 2. The molecular weight excluding hydrogens is 326 g/mol. The summed E-state index contributed by atoms with van der Waals surface area (Å²) in [5.41, 5.74) is 6.67. The van der Waals surface area contributed by atoms with Gasteiger partial charge in [-0.1, -0.05) is 6.07 Å². The van der Waals surface area contributed by atoms with Crippen molar-refractivity contribution in [3.8, 4) is 11.5 Å². The maximum Gasteiger partial charge on any atom is 0.161 e. The first kappa shape index (κ1) is 14.4. The highest BCUT2D eigenvalue weighted by molar-refractivity contribution is 9.10. The maximum absolute atomic E-state index is 5.83. The van der Waals surface area contributed by atoms with Crippen LogP contribution in [0, 0.1) is 0 Å². The fourth-order valence-corrected chi connectivity index (χ4v) is 3.02. The number of benzene rings is 1. The fraction of sp³-hybridized carbons (Fsp3) is 0.286. The molecule has 19 heavy (non-hydrogen) atoms. The summed E-state index contributed by atoms with van der Waals surface area (Å²) in [4.78, 5) is 1.16. The number of halogens is 1. The molecule has 2 N–H and O–H groups in total. The Bertz CT molecular complexity index is 542. The summed E-state index contributed by atoms with van der Waals surface area (Å²) >= 11 is 5.16. The number of thiophene rings is 1. The highest BCUT2D eigenvalue weighted by Crippen LogP contribution is 2.31. The van der Waals surface area contributed by atoms with Crippen molar-refractivity contribution in [3.05, 3.63) is 44.6 Å². The van der Waals surface area contributed by atoms with E-state index in [-0.39, 0.29) is 0 Å². The Morgan fingerprint density at radius 3 is 2.68 bits per heavy atom. The lowest BCUT2D eigenvalue weighted by molar-refractivity contribution is 0.271. The zero-order valence-corrected chi connectivity index (χ0v) is 13.1. The highest BCUT2D eigenvalue weighted by Gasteiger charge is 2.08. The van der Waals surface area contributed by atoms with Crippen LogP contribution in [-0.4, -0.2) is 6.61 Å². The average molecular weight is 342 g/mol. The SMILES string of the molecule is CCOc1cc(CN)ccc1OCc1sccc1Br. The molecule has 0 unspecified atom stereocenters. The van der Waals surface area contributed by atoms with Crippen LogP contribution in [0.2, 0.25) is 0 Å². The zero-order chi connectivity index (χ0) is 13.7. The Balaban J connectivity index is 2.12. The summed E-state index contributed by atoms with van der Waals surface area (Å²) < 4.78 is 12.5. The van der Waals surface area contributed by atoms with Crippen molar-refractivity contribution >= 4 is 27.3 Å². The Morgan fingerprint density at radius 1 is 1.21 bits per heavy atom. The van der Waals surface area contributed by atoms with E-state index in [1.165, 1.54) is 0 Å². The third-order valence-corrected chi connectivity index (χ3v) is 4.49. The van der Waals surface area contributed by atoms with Gasteiger partial charge in [0.2, 0.25) is 0 Å². The van der Waals surface area contributed by atoms with Gasteiger partial charge < -0.3 is 15.2 Å². The van der Waals surface area contributed by atoms with Gasteiger partial charge in [-0.2, -0.15) is 0 Å². The minimum absolute atomic E-state index is 0.497. The van der Waals surface area contributed by atoms with Gasteiger partial charge in [-0.05, 0) is 52.0 Å². The van der Waals surface area contributed by atoms with Gasteiger partial charge in [0.25, 0.3) is 0 Å². The van der Waals surface area contributed by atoms with Gasteiger partial charge in [-0.3, -0.25) is 0 Å². The monoisotopic (exact) mass is 341 g/mol. The van der Waals surface area contributed by atoms with Crippen LogP contribution in [-0.2, 0) is 13.2 Å². The first-order chi connectivity index (χ1) is 9.24. The molecule has 0 fully saturated rings. The molecule has 0 saturated carbocycles. The normalized spacial score (nSPS) is 10.5. The molecule has 0 saturated heterocycles. The lowest BCUT2D eigenvalue weighted by Crippen LogP contribution is -2.02. The molecule has 1 aromatic carbocycles. The molecule has 1 aromatic heterocycles. The van der Waals surface area contributed by atoms with Crippen LogP contribution in [0.15, 0.2) is 34.1 Å². The second-order valence-corrected chi connectivity index (χ2v) is 5.75. The topological polar surface area (TPSA) is 44.5 Å². The van der Waals surface area contributed by atoms with Gasteiger partial charge in [0.1, 0.15) is 6.61 Å². The van der Waals surface area contributed by atoms with E-state index in [0.717, 1.165) is 26.4 Å². The third kappa shape index (κ3) is 3.72. The predicted octanol–water partition coefficient (Wildman–Crippen LogP) is 3.95. The first-order valence-corrected chi connectivity index (χ1v) is 7.72. The smallest absolute Gasteiger partial charge is 0.161 e. The highest BCUT2D eigenvalue weighted by atomic mass is 79.9. The second kappa shape index (κ2) is 6.93. The minimum atomic E-state index is 0.497. The molecule has 3 nitrogen and oxygen atoms in total. The standard InChI is InChI=1S/C14H16BrNO2S/c1-2-17-13-7-10(8-16)3-4-12(13)18-9-14-11(15)5-6-19-14/h3-7H,2,8-9,16H2,1H3. The number of hydrogen-bond donors (Lipinski definition) is 1. The van der Waals surface area contributed by atoms with Crippen LogP contribution in [0.1, 0.15) is 17.4 Å². The number of rotatable bonds is 6. The molecule has 0 amide bonds. The molecule has 5 heteroatoms. The lowest BCUT2D eigenvalue weighted by atomic mass is 10.2. The van der Waals surface area contributed by atoms with Gasteiger partial charge in [0.05, 0.1) is 11.5 Å². The van der Waals surface area contributed by atoms with Gasteiger partial charge in [-0.15, -0.1) is 11.3 Å². The minimum Gasteiger partial charge on any atom is -0.490 e. The predicted molar refractivity (Wildman–Crippen MR) is 81.9 cm³/mol. The number of nitrogens with two attached hydrogens (primary N) is 1. The molecule has 102 valence electrons. The van der Waals surface area contributed by atoms with Gasteiger partial charge in [0.15, 0.2) is 11.5 Å². The molecule has 2 rings (SSSR count). The van der Waals surface area contributed by atoms with Crippen LogP contribution in [0.3, 0.4) is 0 Å². The van der Waals surface area contributed by atoms with E-state index >= 15 is 0 Å². The van der Waals surface area contributed by atoms with Crippen molar-refractivity contribution < 1.29 is 9.47 Å². The summed E-state index contributed by atoms with van der Waals surface area (Å²) in [6, 6.07) is 7.82. The zero-order valence-electron chi connectivity index (χ0n) is 10.7. The maximum atomic E-state index is 5.83. The second-order valence-electron chi connectivity index (χ2n) is 3.90. The van der Waals surface area contributed by atoms with Gasteiger partial charge >= 0.3 is 0 Å². The number of hydrogen-bond acceptors (Lipinski definition) is 4.